The summed E-state index contributed by atoms with van der Waals surface area (Å²) in [5.74, 6) is 0.523. The summed E-state index contributed by atoms with van der Waals surface area (Å²) in [4.78, 5) is 10.8. The maximum atomic E-state index is 10.8. The molecule has 0 bridgehead atoms. The quantitative estimate of drug-likeness (QED) is 0.739. The van der Waals surface area contributed by atoms with Crippen LogP contribution in [0.25, 0.3) is 0 Å². The number of carbonyl (C=O) groups is 1. The first kappa shape index (κ1) is 10.6. The van der Waals surface area contributed by atoms with Gasteiger partial charge in [0.15, 0.2) is 5.69 Å². The van der Waals surface area contributed by atoms with Crippen LogP contribution in [0.15, 0.2) is 6.07 Å². The second-order valence-corrected chi connectivity index (χ2v) is 3.72. The van der Waals surface area contributed by atoms with Crippen molar-refractivity contribution in [2.45, 2.75) is 26.8 Å². The van der Waals surface area contributed by atoms with Crippen molar-refractivity contribution in [3.05, 3.63) is 11.8 Å². The molecule has 0 radical (unpaired) electrons. The van der Waals surface area contributed by atoms with Gasteiger partial charge in [-0.05, 0) is 12.3 Å². The Labute approximate surface area is 83.1 Å². The first-order valence-corrected chi connectivity index (χ1v) is 4.64. The molecule has 1 aromatic heterocycles. The summed E-state index contributed by atoms with van der Waals surface area (Å²) in [5, 5.41) is 4.00. The summed E-state index contributed by atoms with van der Waals surface area (Å²) in [7, 11) is 0. The van der Waals surface area contributed by atoms with Crippen LogP contribution in [-0.2, 0) is 6.54 Å². The molecule has 1 amide bonds. The van der Waals surface area contributed by atoms with E-state index >= 15 is 0 Å². The van der Waals surface area contributed by atoms with Crippen molar-refractivity contribution in [2.24, 2.45) is 11.7 Å². The van der Waals surface area contributed by atoms with E-state index in [4.69, 9.17) is 11.5 Å². The molecule has 14 heavy (non-hydrogen) atoms. The zero-order chi connectivity index (χ0) is 10.7. The number of carbonyl (C=O) groups excluding carboxylic acids is 1. The highest BCUT2D eigenvalue weighted by molar-refractivity contribution is 5.91. The number of nitrogens with two attached hydrogens (primary N) is 2. The zero-order valence-electron chi connectivity index (χ0n) is 8.53. The fraction of sp³-hybridized carbons (Fsp3) is 0.556. The highest BCUT2D eigenvalue weighted by atomic mass is 16.1. The molecule has 0 aromatic carbocycles. The van der Waals surface area contributed by atoms with Gasteiger partial charge in [0.25, 0.3) is 5.91 Å². The van der Waals surface area contributed by atoms with E-state index in [1.165, 1.54) is 6.07 Å². The van der Waals surface area contributed by atoms with E-state index in [-0.39, 0.29) is 5.69 Å². The van der Waals surface area contributed by atoms with Crippen LogP contribution in [0.4, 0.5) is 5.82 Å². The highest BCUT2D eigenvalue weighted by Crippen LogP contribution is 2.09. The lowest BCUT2D eigenvalue weighted by Crippen LogP contribution is -2.13. The molecule has 1 rings (SSSR count). The molecule has 0 aliphatic rings. The van der Waals surface area contributed by atoms with E-state index < -0.39 is 5.91 Å². The largest absolute Gasteiger partial charge is 0.384 e. The van der Waals surface area contributed by atoms with Gasteiger partial charge in [0.05, 0.1) is 0 Å². The third kappa shape index (κ3) is 2.48. The number of hydrogen-bond donors (Lipinski definition) is 2. The lowest BCUT2D eigenvalue weighted by molar-refractivity contribution is 0.0994. The van der Waals surface area contributed by atoms with Gasteiger partial charge in [-0.1, -0.05) is 13.8 Å². The Morgan fingerprint density at radius 2 is 2.29 bits per heavy atom. The van der Waals surface area contributed by atoms with Crippen LogP contribution in [0.5, 0.6) is 0 Å². The fourth-order valence-electron chi connectivity index (χ4n) is 1.11. The number of nitrogens with zero attached hydrogens (tertiary/aromatic N) is 2. The van der Waals surface area contributed by atoms with Crippen LogP contribution in [0, 0.1) is 5.92 Å². The van der Waals surface area contributed by atoms with E-state index in [0.29, 0.717) is 11.7 Å². The molecule has 0 unspecified atom stereocenters. The minimum absolute atomic E-state index is 0.228. The minimum atomic E-state index is -0.542. The van der Waals surface area contributed by atoms with Crippen LogP contribution in [-0.4, -0.2) is 15.7 Å². The smallest absolute Gasteiger partial charge is 0.269 e. The molecule has 4 N–H and O–H groups in total. The van der Waals surface area contributed by atoms with E-state index in [0.717, 1.165) is 13.0 Å². The van der Waals surface area contributed by atoms with Crippen molar-refractivity contribution in [1.82, 2.24) is 9.78 Å². The Bertz CT molecular complexity index is 330. The van der Waals surface area contributed by atoms with Gasteiger partial charge in [0, 0.05) is 12.6 Å². The number of aromatic nitrogens is 2. The lowest BCUT2D eigenvalue weighted by Gasteiger charge is -2.05. The molecule has 5 heteroatoms. The number of amides is 1. The predicted octanol–water partition coefficient (Wildman–Crippen LogP) is 0.610. The Kier molecular flexibility index (Phi) is 3.11. The van der Waals surface area contributed by atoms with Crippen molar-refractivity contribution in [1.29, 1.82) is 0 Å². The van der Waals surface area contributed by atoms with Crippen LogP contribution < -0.4 is 11.5 Å². The summed E-state index contributed by atoms with van der Waals surface area (Å²) in [6.45, 7) is 4.96. The van der Waals surface area contributed by atoms with Gasteiger partial charge in [-0.2, -0.15) is 5.10 Å². The fourth-order valence-corrected chi connectivity index (χ4v) is 1.11. The second-order valence-electron chi connectivity index (χ2n) is 3.72. The topological polar surface area (TPSA) is 86.9 Å². The molecule has 1 aromatic rings. The highest BCUT2D eigenvalue weighted by Gasteiger charge is 2.09. The zero-order valence-corrected chi connectivity index (χ0v) is 8.53. The molecule has 0 aliphatic heterocycles. The van der Waals surface area contributed by atoms with E-state index in [2.05, 4.69) is 18.9 Å². The number of rotatable bonds is 4. The Morgan fingerprint density at radius 1 is 1.64 bits per heavy atom. The summed E-state index contributed by atoms with van der Waals surface area (Å²) in [6.07, 6.45) is 0.976. The van der Waals surface area contributed by atoms with Gasteiger partial charge in [-0.15, -0.1) is 0 Å². The van der Waals surface area contributed by atoms with Gasteiger partial charge < -0.3 is 11.5 Å². The number of hydrogen-bond acceptors (Lipinski definition) is 3. The van der Waals surface area contributed by atoms with Gasteiger partial charge in [0.2, 0.25) is 0 Å². The van der Waals surface area contributed by atoms with Crippen molar-refractivity contribution in [3.63, 3.8) is 0 Å². The molecule has 5 nitrogen and oxygen atoms in total. The number of anilines is 1. The summed E-state index contributed by atoms with van der Waals surface area (Å²) in [5.41, 5.74) is 11.0. The van der Waals surface area contributed by atoms with Gasteiger partial charge in [-0.25, -0.2) is 4.68 Å². The van der Waals surface area contributed by atoms with E-state index in [1.54, 1.807) is 4.68 Å². The average molecular weight is 196 g/mol. The minimum Gasteiger partial charge on any atom is -0.384 e. The SMILES string of the molecule is CC(C)CCn1nc(C(N)=O)cc1N. The Morgan fingerprint density at radius 3 is 2.71 bits per heavy atom. The summed E-state index contributed by atoms with van der Waals surface area (Å²) >= 11 is 0. The Hall–Kier alpha value is -1.52. The van der Waals surface area contributed by atoms with Gasteiger partial charge in [-0.3, -0.25) is 4.79 Å². The normalized spacial score (nSPS) is 10.8. The van der Waals surface area contributed by atoms with E-state index in [9.17, 15) is 4.79 Å². The molecule has 1 heterocycles. The molecule has 0 saturated carbocycles. The maximum Gasteiger partial charge on any atom is 0.269 e. The molecule has 0 aliphatic carbocycles. The standard InChI is InChI=1S/C9H16N4O/c1-6(2)3-4-13-8(10)5-7(12-13)9(11)14/h5-6H,3-4,10H2,1-2H3,(H2,11,14). The van der Waals surface area contributed by atoms with Crippen LogP contribution in [0.1, 0.15) is 30.8 Å². The predicted molar refractivity (Wildman–Crippen MR) is 54.6 cm³/mol. The third-order valence-electron chi connectivity index (χ3n) is 1.98. The molecule has 0 fully saturated rings. The number of primary amides is 1. The van der Waals surface area contributed by atoms with Crippen molar-refractivity contribution >= 4 is 11.7 Å². The molecular weight excluding hydrogens is 180 g/mol. The van der Waals surface area contributed by atoms with Crippen molar-refractivity contribution in [3.8, 4) is 0 Å². The second kappa shape index (κ2) is 4.13. The molecule has 0 atom stereocenters. The molecule has 0 spiro atoms. The number of nitrogen functional groups attached to an aromatic ring is 1. The van der Waals surface area contributed by atoms with E-state index in [1.807, 2.05) is 0 Å². The maximum absolute atomic E-state index is 10.8. The lowest BCUT2D eigenvalue weighted by atomic mass is 10.1. The van der Waals surface area contributed by atoms with Gasteiger partial charge >= 0.3 is 0 Å². The van der Waals surface area contributed by atoms with Crippen LogP contribution in [0.3, 0.4) is 0 Å². The first-order valence-electron chi connectivity index (χ1n) is 4.64. The summed E-state index contributed by atoms with van der Waals surface area (Å²) < 4.78 is 1.61. The average Bonchev–Trinajstić information content (AvgIpc) is 2.43. The van der Waals surface area contributed by atoms with Crippen LogP contribution in [0.2, 0.25) is 0 Å². The van der Waals surface area contributed by atoms with Gasteiger partial charge in [0.1, 0.15) is 5.82 Å². The number of aryl methyl sites for hydroxylation is 1. The first-order chi connectivity index (χ1) is 6.50. The monoisotopic (exact) mass is 196 g/mol. The summed E-state index contributed by atoms with van der Waals surface area (Å²) in [6, 6.07) is 1.50. The third-order valence-corrected chi connectivity index (χ3v) is 1.98. The van der Waals surface area contributed by atoms with Crippen molar-refractivity contribution < 1.29 is 4.79 Å². The molecular formula is C9H16N4O. The molecule has 78 valence electrons. The Balaban J connectivity index is 2.72. The molecule has 0 saturated heterocycles. The van der Waals surface area contributed by atoms with Crippen LogP contribution >= 0.6 is 0 Å². The van der Waals surface area contributed by atoms with Crippen molar-refractivity contribution in [2.75, 3.05) is 5.73 Å².